The molecule has 190 valence electrons. The highest BCUT2D eigenvalue weighted by atomic mass is 16.5. The van der Waals surface area contributed by atoms with Gasteiger partial charge in [-0.3, -0.25) is 4.79 Å². The molecule has 0 aromatic rings. The van der Waals surface area contributed by atoms with Crippen LogP contribution in [0.15, 0.2) is 0 Å². The smallest absolute Gasteiger partial charge is 0.359 e. The third kappa shape index (κ3) is 23.5. The van der Waals surface area contributed by atoms with Crippen LogP contribution in [-0.4, -0.2) is 68.4 Å². The average molecular weight is 458 g/mol. The molecular weight excluding hydrogens is 404 g/mol. The molecule has 0 rings (SSSR count). The number of carbonyl (C=O) groups excluding carboxylic acids is 1. The fourth-order valence-electron chi connectivity index (χ4n) is 3.91. The Morgan fingerprint density at radius 1 is 0.750 bits per heavy atom. The number of rotatable bonds is 24. The molecule has 0 unspecified atom stereocenters. The van der Waals surface area contributed by atoms with Crippen molar-refractivity contribution in [3.63, 3.8) is 0 Å². The van der Waals surface area contributed by atoms with Crippen molar-refractivity contribution in [3.8, 4) is 0 Å². The summed E-state index contributed by atoms with van der Waals surface area (Å²) < 4.78 is 6.13. The van der Waals surface area contributed by atoms with E-state index in [1.54, 1.807) is 0 Å². The average Bonchev–Trinajstić information content (AvgIpc) is 2.72. The van der Waals surface area contributed by atoms with Crippen LogP contribution in [0.2, 0.25) is 0 Å². The van der Waals surface area contributed by atoms with E-state index in [1.807, 2.05) is 14.1 Å². The summed E-state index contributed by atoms with van der Waals surface area (Å²) in [6, 6.07) is 0. The van der Waals surface area contributed by atoms with Crippen LogP contribution in [0.4, 0.5) is 0 Å². The number of carbonyl (C=O) groups is 2. The summed E-state index contributed by atoms with van der Waals surface area (Å²) in [5.74, 6) is -0.713. The van der Waals surface area contributed by atoms with E-state index >= 15 is 0 Å². The van der Waals surface area contributed by atoms with E-state index in [0.29, 0.717) is 17.4 Å². The third-order valence-corrected chi connectivity index (χ3v) is 5.91. The molecule has 0 aliphatic carbocycles. The topological polar surface area (TPSA) is 75.6 Å². The van der Waals surface area contributed by atoms with Crippen molar-refractivity contribution in [1.29, 1.82) is 0 Å². The lowest BCUT2D eigenvalue weighted by Gasteiger charge is -2.27. The molecule has 2 N–H and O–H groups in total. The third-order valence-electron chi connectivity index (χ3n) is 5.91. The summed E-state index contributed by atoms with van der Waals surface area (Å²) >= 11 is 0. The quantitative estimate of drug-likeness (QED) is 0.147. The van der Waals surface area contributed by atoms with Crippen molar-refractivity contribution in [2.75, 3.05) is 46.9 Å². The molecule has 0 aliphatic heterocycles. The molecule has 0 aliphatic rings. The largest absolute Gasteiger partial charge is 0.477 e. The van der Waals surface area contributed by atoms with Crippen molar-refractivity contribution in [3.05, 3.63) is 0 Å². The van der Waals surface area contributed by atoms with Gasteiger partial charge < -0.3 is 19.6 Å². The van der Waals surface area contributed by atoms with E-state index < -0.39 is 5.97 Å². The second kappa shape index (κ2) is 21.7. The highest BCUT2D eigenvalue weighted by molar-refractivity contribution is 5.75. The van der Waals surface area contributed by atoms with Crippen LogP contribution in [0.5, 0.6) is 0 Å². The number of carboxylic acid groups (broad SMARTS) is 1. The molecule has 1 amide bonds. The number of hydrogen-bond donors (Lipinski definition) is 2. The van der Waals surface area contributed by atoms with Crippen LogP contribution in [-0.2, 0) is 14.3 Å². The molecule has 0 spiro atoms. The van der Waals surface area contributed by atoms with Gasteiger partial charge in [0.15, 0.2) is 6.54 Å². The van der Waals surface area contributed by atoms with Gasteiger partial charge in [0, 0.05) is 32.6 Å². The zero-order chi connectivity index (χ0) is 23.9. The maximum atomic E-state index is 11.9. The molecule has 0 saturated heterocycles. The van der Waals surface area contributed by atoms with Crippen LogP contribution in [0, 0.1) is 0 Å². The molecule has 0 aromatic carbocycles. The van der Waals surface area contributed by atoms with Crippen LogP contribution in [0.3, 0.4) is 0 Å². The Kier molecular flexibility index (Phi) is 20.9. The Morgan fingerprint density at radius 3 is 1.78 bits per heavy atom. The normalized spacial score (nSPS) is 11.6. The number of nitrogens with zero attached hydrogens (tertiary/aromatic N) is 1. The van der Waals surface area contributed by atoms with Gasteiger partial charge in [-0.15, -0.1) is 0 Å². The maximum Gasteiger partial charge on any atom is 0.359 e. The zero-order valence-electron chi connectivity index (χ0n) is 21.5. The predicted octanol–water partition coefficient (Wildman–Crippen LogP) is 5.54. The lowest BCUT2D eigenvalue weighted by Crippen LogP contribution is -2.45. The molecular formula is C26H53N2O4+. The zero-order valence-corrected chi connectivity index (χ0v) is 21.5. The number of ether oxygens (including phenoxy) is 1. The van der Waals surface area contributed by atoms with E-state index in [1.165, 1.54) is 70.6 Å². The van der Waals surface area contributed by atoms with Crippen molar-refractivity contribution >= 4 is 11.9 Å². The maximum absolute atomic E-state index is 11.9. The first-order chi connectivity index (χ1) is 15.4. The first kappa shape index (κ1) is 30.9. The van der Waals surface area contributed by atoms with Crippen molar-refractivity contribution < 1.29 is 23.9 Å². The molecule has 0 fully saturated rings. The van der Waals surface area contributed by atoms with Gasteiger partial charge in [0.2, 0.25) is 5.91 Å². The predicted molar refractivity (Wildman–Crippen MR) is 133 cm³/mol. The van der Waals surface area contributed by atoms with Crippen molar-refractivity contribution in [2.45, 2.75) is 110 Å². The van der Waals surface area contributed by atoms with Gasteiger partial charge in [-0.25, -0.2) is 4.79 Å². The van der Waals surface area contributed by atoms with E-state index in [2.05, 4.69) is 12.2 Å². The first-order valence-electron chi connectivity index (χ1n) is 13.3. The van der Waals surface area contributed by atoms with Crippen molar-refractivity contribution in [1.82, 2.24) is 5.32 Å². The molecule has 0 bridgehead atoms. The van der Waals surface area contributed by atoms with Gasteiger partial charge in [-0.1, -0.05) is 77.6 Å². The lowest BCUT2D eigenvalue weighted by atomic mass is 10.1. The number of quaternary nitrogens is 1. The van der Waals surface area contributed by atoms with Crippen LogP contribution in [0.25, 0.3) is 0 Å². The van der Waals surface area contributed by atoms with Crippen LogP contribution in [0.1, 0.15) is 110 Å². The molecule has 6 nitrogen and oxygen atoms in total. The fourth-order valence-corrected chi connectivity index (χ4v) is 3.91. The van der Waals surface area contributed by atoms with Gasteiger partial charge in [0.05, 0.1) is 20.6 Å². The number of hydrogen-bond acceptors (Lipinski definition) is 3. The molecule has 0 aromatic heterocycles. The van der Waals surface area contributed by atoms with Crippen molar-refractivity contribution in [2.24, 2.45) is 0 Å². The molecule has 0 atom stereocenters. The van der Waals surface area contributed by atoms with Gasteiger partial charge in [0.25, 0.3) is 0 Å². The van der Waals surface area contributed by atoms with Gasteiger partial charge >= 0.3 is 5.97 Å². The molecule has 0 saturated carbocycles. The Hall–Kier alpha value is -1.14. The van der Waals surface area contributed by atoms with E-state index in [4.69, 9.17) is 9.84 Å². The van der Waals surface area contributed by atoms with Crippen LogP contribution < -0.4 is 5.32 Å². The number of nitrogens with one attached hydrogen (secondary N) is 1. The summed E-state index contributed by atoms with van der Waals surface area (Å²) in [6.07, 6.45) is 19.4. The molecule has 0 radical (unpaired) electrons. The highest BCUT2D eigenvalue weighted by Gasteiger charge is 2.18. The number of amides is 1. The Labute approximate surface area is 198 Å². The summed E-state index contributed by atoms with van der Waals surface area (Å²) in [6.45, 7) is 5.30. The SMILES string of the molecule is CCCCCCCCCCCCCCOCCCCC(=O)NCCC[N+](C)(C)CC(=O)O. The Balaban J connectivity index is 3.28. The number of aliphatic carboxylic acids is 1. The minimum absolute atomic E-state index is 0.0782. The fraction of sp³-hybridized carbons (Fsp3) is 0.923. The lowest BCUT2D eigenvalue weighted by molar-refractivity contribution is -0.883. The van der Waals surface area contributed by atoms with Gasteiger partial charge in [-0.2, -0.15) is 0 Å². The summed E-state index contributed by atoms with van der Waals surface area (Å²) in [4.78, 5) is 22.6. The Morgan fingerprint density at radius 2 is 1.25 bits per heavy atom. The van der Waals surface area contributed by atoms with E-state index in [-0.39, 0.29) is 12.5 Å². The minimum atomic E-state index is -0.792. The summed E-state index contributed by atoms with van der Waals surface area (Å²) in [5, 5.41) is 11.8. The van der Waals surface area contributed by atoms with Gasteiger partial charge in [0.1, 0.15) is 0 Å². The minimum Gasteiger partial charge on any atom is -0.477 e. The summed E-state index contributed by atoms with van der Waals surface area (Å²) in [5.41, 5.74) is 0. The first-order valence-corrected chi connectivity index (χ1v) is 13.3. The molecule has 6 heteroatoms. The second-order valence-electron chi connectivity index (χ2n) is 9.87. The monoisotopic (exact) mass is 457 g/mol. The number of carboxylic acids is 1. The number of likely N-dealkylation sites (N-methyl/N-ethyl adjacent to an activating group) is 1. The molecule has 32 heavy (non-hydrogen) atoms. The van der Waals surface area contributed by atoms with Gasteiger partial charge in [-0.05, 0) is 19.3 Å². The molecule has 0 heterocycles. The van der Waals surface area contributed by atoms with Crippen LogP contribution >= 0.6 is 0 Å². The van der Waals surface area contributed by atoms with E-state index in [0.717, 1.165) is 45.4 Å². The second-order valence-corrected chi connectivity index (χ2v) is 9.87. The standard InChI is InChI=1S/C26H52N2O4/c1-4-5-6-7-8-9-10-11-12-13-14-16-22-32-23-17-15-19-25(29)27-20-18-21-28(2,3)24-26(30)31/h4-24H2,1-3H3,(H-,27,29,30,31)/p+1. The Bertz CT molecular complexity index is 455. The highest BCUT2D eigenvalue weighted by Crippen LogP contribution is 2.12. The summed E-state index contributed by atoms with van der Waals surface area (Å²) in [7, 11) is 3.79. The number of unbranched alkanes of at least 4 members (excludes halogenated alkanes) is 12. The van der Waals surface area contributed by atoms with E-state index in [9.17, 15) is 9.59 Å².